The van der Waals surface area contributed by atoms with Gasteiger partial charge in [0.1, 0.15) is 5.82 Å². The number of aromatic nitrogens is 2. The van der Waals surface area contributed by atoms with Crippen molar-refractivity contribution in [2.24, 2.45) is 0 Å². The number of aromatic amines is 1. The molecule has 0 bridgehead atoms. The van der Waals surface area contributed by atoms with Gasteiger partial charge in [0, 0.05) is 17.0 Å². The van der Waals surface area contributed by atoms with Crippen molar-refractivity contribution in [1.29, 1.82) is 0 Å². The number of nitrogens with zero attached hydrogens (tertiary/aromatic N) is 1. The lowest BCUT2D eigenvalue weighted by atomic mass is 10.0. The number of rotatable bonds is 1. The summed E-state index contributed by atoms with van der Waals surface area (Å²) in [6, 6.07) is 6.10. The van der Waals surface area contributed by atoms with Crippen molar-refractivity contribution in [3.8, 4) is 0 Å². The van der Waals surface area contributed by atoms with Crippen molar-refractivity contribution < 1.29 is 4.74 Å². The number of ether oxygens (including phenoxy) is 1. The van der Waals surface area contributed by atoms with Crippen LogP contribution in [-0.2, 0) is 4.74 Å². The van der Waals surface area contributed by atoms with Crippen LogP contribution >= 0.6 is 15.9 Å². The third kappa shape index (κ3) is 1.66. The molecule has 4 heteroatoms. The van der Waals surface area contributed by atoms with Gasteiger partial charge in [-0.15, -0.1) is 0 Å². The van der Waals surface area contributed by atoms with Crippen LogP contribution < -0.4 is 0 Å². The fraction of sp³-hybridized carbons (Fsp3) is 0.417. The van der Waals surface area contributed by atoms with Gasteiger partial charge >= 0.3 is 0 Å². The van der Waals surface area contributed by atoms with Crippen molar-refractivity contribution in [2.45, 2.75) is 25.4 Å². The highest BCUT2D eigenvalue weighted by Crippen LogP contribution is 2.30. The highest BCUT2D eigenvalue weighted by Gasteiger charge is 2.28. The first-order valence-electron chi connectivity index (χ1n) is 5.51. The quantitative estimate of drug-likeness (QED) is 0.871. The molecular formula is C12H13BrN2O. The van der Waals surface area contributed by atoms with E-state index in [4.69, 9.17) is 4.74 Å². The lowest BCUT2D eigenvalue weighted by Crippen LogP contribution is -2.10. The molecule has 1 aromatic carbocycles. The second-order valence-electron chi connectivity index (χ2n) is 4.25. The molecular weight excluding hydrogens is 268 g/mol. The molecule has 2 heterocycles. The molecule has 2 atom stereocenters. The van der Waals surface area contributed by atoms with Crippen LogP contribution in [0.25, 0.3) is 11.0 Å². The van der Waals surface area contributed by atoms with Gasteiger partial charge in [-0.3, -0.25) is 0 Å². The Bertz CT molecular complexity index is 523. The van der Waals surface area contributed by atoms with Crippen molar-refractivity contribution in [1.82, 2.24) is 9.97 Å². The smallest absolute Gasteiger partial charge is 0.113 e. The van der Waals surface area contributed by atoms with Crippen molar-refractivity contribution >= 4 is 27.0 Å². The lowest BCUT2D eigenvalue weighted by molar-refractivity contribution is 0.117. The van der Waals surface area contributed by atoms with Gasteiger partial charge in [0.15, 0.2) is 0 Å². The summed E-state index contributed by atoms with van der Waals surface area (Å²) in [5.74, 6) is 1.46. The molecule has 1 aliphatic heterocycles. The number of hydrogen-bond donors (Lipinski definition) is 1. The summed E-state index contributed by atoms with van der Waals surface area (Å²) in [6.07, 6.45) is 1.33. The Morgan fingerprint density at radius 3 is 3.12 bits per heavy atom. The van der Waals surface area contributed by atoms with Crippen LogP contribution in [0.2, 0.25) is 0 Å². The standard InChI is InChI=1S/C12H13BrN2O/c1-7-9(4-5-16-7)12-14-10-3-2-8(13)6-11(10)15-12/h2-3,6-7,9H,4-5H2,1H3,(H,14,15). The van der Waals surface area contributed by atoms with Crippen LogP contribution in [-0.4, -0.2) is 22.7 Å². The third-order valence-electron chi connectivity index (χ3n) is 3.19. The van der Waals surface area contributed by atoms with E-state index in [1.54, 1.807) is 0 Å². The molecule has 1 saturated heterocycles. The molecule has 1 aromatic heterocycles. The predicted molar refractivity (Wildman–Crippen MR) is 66.6 cm³/mol. The van der Waals surface area contributed by atoms with Crippen molar-refractivity contribution in [3.63, 3.8) is 0 Å². The maximum atomic E-state index is 5.57. The van der Waals surface area contributed by atoms with Gasteiger partial charge < -0.3 is 9.72 Å². The van der Waals surface area contributed by atoms with E-state index in [9.17, 15) is 0 Å². The summed E-state index contributed by atoms with van der Waals surface area (Å²) in [4.78, 5) is 8.02. The van der Waals surface area contributed by atoms with Gasteiger partial charge in [-0.2, -0.15) is 0 Å². The van der Waals surface area contributed by atoms with Crippen molar-refractivity contribution in [3.05, 3.63) is 28.5 Å². The molecule has 1 fully saturated rings. The fourth-order valence-corrected chi connectivity index (χ4v) is 2.63. The molecule has 1 aliphatic rings. The Hall–Kier alpha value is -0.870. The summed E-state index contributed by atoms with van der Waals surface area (Å²) in [7, 11) is 0. The van der Waals surface area contributed by atoms with Crippen LogP contribution in [0.3, 0.4) is 0 Å². The van der Waals surface area contributed by atoms with E-state index in [0.717, 1.165) is 34.4 Å². The topological polar surface area (TPSA) is 37.9 Å². The SMILES string of the molecule is CC1OCCC1c1nc2ccc(Br)cc2[nH]1. The number of nitrogens with one attached hydrogen (secondary N) is 1. The number of benzene rings is 1. The number of halogens is 1. The number of H-pyrrole nitrogens is 1. The average molecular weight is 281 g/mol. The second-order valence-corrected chi connectivity index (χ2v) is 5.17. The highest BCUT2D eigenvalue weighted by atomic mass is 79.9. The Kier molecular flexibility index (Phi) is 2.48. The van der Waals surface area contributed by atoms with E-state index in [1.807, 2.05) is 12.1 Å². The zero-order valence-corrected chi connectivity index (χ0v) is 10.6. The van der Waals surface area contributed by atoms with E-state index < -0.39 is 0 Å². The van der Waals surface area contributed by atoms with E-state index in [0.29, 0.717) is 5.92 Å². The molecule has 2 aromatic rings. The van der Waals surface area contributed by atoms with Crippen LogP contribution in [0, 0.1) is 0 Å². The summed E-state index contributed by atoms with van der Waals surface area (Å²) in [5, 5.41) is 0. The van der Waals surface area contributed by atoms with Gasteiger partial charge in [-0.05, 0) is 31.5 Å². The maximum absolute atomic E-state index is 5.57. The average Bonchev–Trinajstić information content (AvgIpc) is 2.82. The van der Waals surface area contributed by atoms with Gasteiger partial charge in [-0.1, -0.05) is 15.9 Å². The number of fused-ring (bicyclic) bond motifs is 1. The first-order chi connectivity index (χ1) is 7.74. The van der Waals surface area contributed by atoms with Gasteiger partial charge in [0.05, 0.1) is 17.1 Å². The Labute approximate surface area is 102 Å². The Balaban J connectivity index is 2.04. The third-order valence-corrected chi connectivity index (χ3v) is 3.68. The second kappa shape index (κ2) is 3.86. The molecule has 0 radical (unpaired) electrons. The summed E-state index contributed by atoms with van der Waals surface area (Å²) in [5.41, 5.74) is 2.11. The minimum Gasteiger partial charge on any atom is -0.378 e. The molecule has 16 heavy (non-hydrogen) atoms. The first-order valence-corrected chi connectivity index (χ1v) is 6.30. The molecule has 0 amide bonds. The first kappa shape index (κ1) is 10.3. The van der Waals surface area contributed by atoms with Crippen LogP contribution in [0.4, 0.5) is 0 Å². The molecule has 3 rings (SSSR count). The molecule has 0 spiro atoms. The van der Waals surface area contributed by atoms with E-state index >= 15 is 0 Å². The van der Waals surface area contributed by atoms with Crippen LogP contribution in [0.15, 0.2) is 22.7 Å². The number of imidazole rings is 1. The normalized spacial score (nSPS) is 25.4. The van der Waals surface area contributed by atoms with Crippen LogP contribution in [0.1, 0.15) is 25.1 Å². The molecule has 3 nitrogen and oxygen atoms in total. The monoisotopic (exact) mass is 280 g/mol. The van der Waals surface area contributed by atoms with Gasteiger partial charge in [0.25, 0.3) is 0 Å². The Morgan fingerprint density at radius 2 is 2.38 bits per heavy atom. The van der Waals surface area contributed by atoms with E-state index in [2.05, 4.69) is 38.9 Å². The summed E-state index contributed by atoms with van der Waals surface area (Å²) >= 11 is 3.46. The summed E-state index contributed by atoms with van der Waals surface area (Å²) < 4.78 is 6.65. The largest absolute Gasteiger partial charge is 0.378 e. The summed E-state index contributed by atoms with van der Waals surface area (Å²) in [6.45, 7) is 2.95. The maximum Gasteiger partial charge on any atom is 0.113 e. The fourth-order valence-electron chi connectivity index (χ4n) is 2.27. The molecule has 84 valence electrons. The van der Waals surface area contributed by atoms with E-state index in [-0.39, 0.29) is 6.10 Å². The molecule has 2 unspecified atom stereocenters. The van der Waals surface area contributed by atoms with Gasteiger partial charge in [-0.25, -0.2) is 4.98 Å². The molecule has 1 N–H and O–H groups in total. The zero-order chi connectivity index (χ0) is 11.1. The predicted octanol–water partition coefficient (Wildman–Crippen LogP) is 3.22. The highest BCUT2D eigenvalue weighted by molar-refractivity contribution is 9.10. The molecule has 0 aliphatic carbocycles. The van der Waals surface area contributed by atoms with E-state index in [1.165, 1.54) is 0 Å². The van der Waals surface area contributed by atoms with Crippen LogP contribution in [0.5, 0.6) is 0 Å². The molecule has 0 saturated carbocycles. The lowest BCUT2D eigenvalue weighted by Gasteiger charge is -2.09. The minimum atomic E-state index is 0.268. The van der Waals surface area contributed by atoms with Gasteiger partial charge in [0.2, 0.25) is 0 Å². The minimum absolute atomic E-state index is 0.268. The zero-order valence-electron chi connectivity index (χ0n) is 9.03. The number of hydrogen-bond acceptors (Lipinski definition) is 2. The Morgan fingerprint density at radius 1 is 1.50 bits per heavy atom. The van der Waals surface area contributed by atoms with Crippen molar-refractivity contribution in [2.75, 3.05) is 6.61 Å².